The Morgan fingerprint density at radius 3 is 2.60 bits per heavy atom. The Kier molecular flexibility index (Phi) is 4.42. The second-order valence-corrected chi connectivity index (χ2v) is 6.43. The van der Waals surface area contributed by atoms with Crippen molar-refractivity contribution in [2.45, 2.75) is 65.2 Å². The number of phenols is 2. The van der Waals surface area contributed by atoms with Gasteiger partial charge in [0, 0.05) is 5.56 Å². The normalized spacial score (nSPS) is 21.4. The van der Waals surface area contributed by atoms with Crippen LogP contribution in [0.5, 0.6) is 11.5 Å². The van der Waals surface area contributed by atoms with Crippen LogP contribution in [0.4, 0.5) is 0 Å². The monoisotopic (exact) mass is 274 g/mol. The highest BCUT2D eigenvalue weighted by atomic mass is 16.3. The molecule has 0 unspecified atom stereocenters. The third kappa shape index (κ3) is 2.84. The summed E-state index contributed by atoms with van der Waals surface area (Å²) in [4.78, 5) is 0. The van der Waals surface area contributed by atoms with Crippen molar-refractivity contribution in [2.75, 3.05) is 0 Å². The van der Waals surface area contributed by atoms with E-state index in [1.807, 2.05) is 6.92 Å². The molecule has 2 atom stereocenters. The Morgan fingerprint density at radius 2 is 1.95 bits per heavy atom. The first-order valence-corrected chi connectivity index (χ1v) is 7.60. The van der Waals surface area contributed by atoms with Gasteiger partial charge < -0.3 is 10.2 Å². The smallest absolute Gasteiger partial charge is 0.161 e. The molecule has 0 heterocycles. The van der Waals surface area contributed by atoms with Crippen molar-refractivity contribution in [3.63, 3.8) is 0 Å². The number of aromatic hydroxyl groups is 2. The molecule has 1 aromatic rings. The number of phenolic OH excluding ortho intramolecular Hbond substituents is 2. The number of aryl methyl sites for hydroxylation is 1. The first kappa shape index (κ1) is 15.0. The first-order chi connectivity index (χ1) is 9.41. The van der Waals surface area contributed by atoms with Crippen molar-refractivity contribution < 1.29 is 10.2 Å². The van der Waals surface area contributed by atoms with Crippen molar-refractivity contribution in [1.29, 1.82) is 0 Å². The molecular weight excluding hydrogens is 248 g/mol. The predicted octanol–water partition coefficient (Wildman–Crippen LogP) is 5.13. The van der Waals surface area contributed by atoms with Gasteiger partial charge in [-0.2, -0.15) is 0 Å². The van der Waals surface area contributed by atoms with E-state index in [2.05, 4.69) is 32.9 Å². The van der Waals surface area contributed by atoms with Gasteiger partial charge in [0.2, 0.25) is 0 Å². The van der Waals surface area contributed by atoms with E-state index in [1.165, 1.54) is 17.6 Å². The molecule has 1 aliphatic rings. The lowest BCUT2D eigenvalue weighted by Gasteiger charge is -2.31. The van der Waals surface area contributed by atoms with E-state index >= 15 is 0 Å². The Hall–Kier alpha value is -1.44. The maximum absolute atomic E-state index is 10.3. The zero-order chi connectivity index (χ0) is 14.9. The van der Waals surface area contributed by atoms with E-state index in [0.717, 1.165) is 30.4 Å². The fourth-order valence-corrected chi connectivity index (χ4v) is 3.31. The van der Waals surface area contributed by atoms with Crippen LogP contribution in [0.25, 0.3) is 0 Å². The molecular formula is C18H26O2. The minimum atomic E-state index is 0.0561. The maximum Gasteiger partial charge on any atom is 0.161 e. The molecule has 0 amide bonds. The molecule has 110 valence electrons. The average molecular weight is 274 g/mol. The SMILES string of the molecule is CC(C)=CCC[C@@H]1CC[C@@H](C)c2c1cc(C)c(O)c2O. The molecule has 0 bridgehead atoms. The van der Waals surface area contributed by atoms with E-state index in [4.69, 9.17) is 0 Å². The number of allylic oxidation sites excluding steroid dienone is 2. The Bertz CT molecular complexity index is 525. The quantitative estimate of drug-likeness (QED) is 0.592. The Balaban J connectivity index is 2.34. The Labute approximate surface area is 122 Å². The van der Waals surface area contributed by atoms with Crippen LogP contribution in [0.2, 0.25) is 0 Å². The summed E-state index contributed by atoms with van der Waals surface area (Å²) >= 11 is 0. The van der Waals surface area contributed by atoms with E-state index in [9.17, 15) is 10.2 Å². The van der Waals surface area contributed by atoms with Gasteiger partial charge in [0.25, 0.3) is 0 Å². The standard InChI is InChI=1S/C18H26O2/c1-11(2)6-5-7-14-9-8-12(3)16-15(14)10-13(4)17(19)18(16)20/h6,10,12,14,19-20H,5,7-9H2,1-4H3/t12-,14-/m1/s1. The highest BCUT2D eigenvalue weighted by molar-refractivity contribution is 5.56. The number of benzene rings is 1. The van der Waals surface area contributed by atoms with Crippen molar-refractivity contribution in [2.24, 2.45) is 0 Å². The van der Waals surface area contributed by atoms with Crippen LogP contribution in [-0.2, 0) is 0 Å². The summed E-state index contributed by atoms with van der Waals surface area (Å²) in [5.74, 6) is 0.998. The molecule has 20 heavy (non-hydrogen) atoms. The zero-order valence-electron chi connectivity index (χ0n) is 13.0. The summed E-state index contributed by atoms with van der Waals surface area (Å²) < 4.78 is 0. The van der Waals surface area contributed by atoms with Gasteiger partial charge in [0.15, 0.2) is 11.5 Å². The second kappa shape index (κ2) is 5.90. The summed E-state index contributed by atoms with van der Waals surface area (Å²) in [6, 6.07) is 2.08. The van der Waals surface area contributed by atoms with Gasteiger partial charge in [-0.1, -0.05) is 24.6 Å². The van der Waals surface area contributed by atoms with Crippen molar-refractivity contribution >= 4 is 0 Å². The fourth-order valence-electron chi connectivity index (χ4n) is 3.31. The zero-order valence-corrected chi connectivity index (χ0v) is 13.0. The van der Waals surface area contributed by atoms with E-state index in [0.29, 0.717) is 11.8 Å². The van der Waals surface area contributed by atoms with Crippen LogP contribution < -0.4 is 0 Å². The van der Waals surface area contributed by atoms with Crippen LogP contribution >= 0.6 is 0 Å². The molecule has 0 aromatic heterocycles. The van der Waals surface area contributed by atoms with E-state index in [-0.39, 0.29) is 11.5 Å². The molecule has 0 radical (unpaired) electrons. The Morgan fingerprint density at radius 1 is 1.25 bits per heavy atom. The third-order valence-electron chi connectivity index (χ3n) is 4.48. The van der Waals surface area contributed by atoms with Crippen LogP contribution in [0, 0.1) is 6.92 Å². The highest BCUT2D eigenvalue weighted by Crippen LogP contribution is 2.48. The minimum Gasteiger partial charge on any atom is -0.504 e. The molecule has 0 fully saturated rings. The van der Waals surface area contributed by atoms with Gasteiger partial charge >= 0.3 is 0 Å². The van der Waals surface area contributed by atoms with Crippen LogP contribution in [-0.4, -0.2) is 10.2 Å². The van der Waals surface area contributed by atoms with Gasteiger partial charge in [-0.3, -0.25) is 0 Å². The number of hydrogen-bond acceptors (Lipinski definition) is 2. The van der Waals surface area contributed by atoms with Gasteiger partial charge in [-0.15, -0.1) is 0 Å². The lowest BCUT2D eigenvalue weighted by atomic mass is 9.74. The van der Waals surface area contributed by atoms with Crippen LogP contribution in [0.15, 0.2) is 17.7 Å². The molecule has 2 rings (SSSR count). The van der Waals surface area contributed by atoms with Gasteiger partial charge in [0.1, 0.15) is 0 Å². The lowest BCUT2D eigenvalue weighted by molar-refractivity contribution is 0.381. The molecule has 1 aliphatic carbocycles. The molecule has 1 aromatic carbocycles. The largest absolute Gasteiger partial charge is 0.504 e. The molecule has 0 aliphatic heterocycles. The minimum absolute atomic E-state index is 0.0561. The van der Waals surface area contributed by atoms with Crippen molar-refractivity contribution in [3.8, 4) is 11.5 Å². The van der Waals surface area contributed by atoms with E-state index < -0.39 is 0 Å². The van der Waals surface area contributed by atoms with Crippen LogP contribution in [0.3, 0.4) is 0 Å². The van der Waals surface area contributed by atoms with Crippen molar-refractivity contribution in [3.05, 3.63) is 34.4 Å². The molecule has 0 spiro atoms. The molecule has 0 saturated carbocycles. The summed E-state index contributed by atoms with van der Waals surface area (Å²) in [5, 5.41) is 20.2. The molecule has 0 saturated heterocycles. The maximum atomic E-state index is 10.3. The second-order valence-electron chi connectivity index (χ2n) is 6.43. The third-order valence-corrected chi connectivity index (χ3v) is 4.48. The highest BCUT2D eigenvalue weighted by Gasteiger charge is 2.29. The molecule has 2 nitrogen and oxygen atoms in total. The van der Waals surface area contributed by atoms with Gasteiger partial charge in [0.05, 0.1) is 0 Å². The summed E-state index contributed by atoms with van der Waals surface area (Å²) in [7, 11) is 0. The lowest BCUT2D eigenvalue weighted by Crippen LogP contribution is -2.13. The van der Waals surface area contributed by atoms with Crippen molar-refractivity contribution in [1.82, 2.24) is 0 Å². The van der Waals surface area contributed by atoms with Gasteiger partial charge in [-0.05, 0) is 69.4 Å². The number of hydrogen-bond donors (Lipinski definition) is 2. The van der Waals surface area contributed by atoms with Crippen LogP contribution in [0.1, 0.15) is 75.0 Å². The summed E-state index contributed by atoms with van der Waals surface area (Å²) in [5.41, 5.74) is 4.36. The topological polar surface area (TPSA) is 40.5 Å². The summed E-state index contributed by atoms with van der Waals surface area (Å²) in [6.07, 6.45) is 6.75. The number of fused-ring (bicyclic) bond motifs is 1. The summed E-state index contributed by atoms with van der Waals surface area (Å²) in [6.45, 7) is 8.26. The van der Waals surface area contributed by atoms with Gasteiger partial charge in [-0.25, -0.2) is 0 Å². The molecule has 2 heteroatoms. The first-order valence-electron chi connectivity index (χ1n) is 7.60. The fraction of sp³-hybridized carbons (Fsp3) is 0.556. The predicted molar refractivity (Wildman–Crippen MR) is 83.6 cm³/mol. The average Bonchev–Trinajstić information content (AvgIpc) is 2.38. The van der Waals surface area contributed by atoms with E-state index in [1.54, 1.807) is 0 Å². The molecule has 2 N–H and O–H groups in total. The number of rotatable bonds is 3.